The van der Waals surface area contributed by atoms with Gasteiger partial charge < -0.3 is 19.9 Å². The quantitative estimate of drug-likeness (QED) is 0.605. The number of carboxylic acid groups (broad SMARTS) is 1. The maximum atomic E-state index is 12.3. The van der Waals surface area contributed by atoms with E-state index >= 15 is 0 Å². The number of nitriles is 1. The fraction of sp³-hybridized carbons (Fsp3) is 0.389. The largest absolute Gasteiger partial charge is 0.480 e. The lowest BCUT2D eigenvalue weighted by atomic mass is 9.95. The Morgan fingerprint density at radius 1 is 1.11 bits per heavy atom. The zero-order valence-corrected chi connectivity index (χ0v) is 14.9. The SMILES string of the molecule is CCOC(=O)C[C@H](C(=O)OCC)[C@@H](NC(=O)c1ccc(C#N)cc1)C(=O)O. The molecule has 0 radical (unpaired) electrons. The Morgan fingerprint density at radius 3 is 2.19 bits per heavy atom. The van der Waals surface area contributed by atoms with Gasteiger partial charge in [-0.05, 0) is 38.1 Å². The van der Waals surface area contributed by atoms with Crippen molar-refractivity contribution in [3.8, 4) is 6.07 Å². The van der Waals surface area contributed by atoms with Crippen molar-refractivity contribution in [1.29, 1.82) is 5.26 Å². The lowest BCUT2D eigenvalue weighted by molar-refractivity contribution is -0.159. The molecule has 1 aromatic carbocycles. The number of nitrogens with zero attached hydrogens (tertiary/aromatic N) is 1. The zero-order chi connectivity index (χ0) is 20.4. The lowest BCUT2D eigenvalue weighted by Gasteiger charge is -2.22. The maximum Gasteiger partial charge on any atom is 0.327 e. The van der Waals surface area contributed by atoms with E-state index in [1.807, 2.05) is 6.07 Å². The van der Waals surface area contributed by atoms with Crippen molar-refractivity contribution in [1.82, 2.24) is 5.32 Å². The molecule has 2 atom stereocenters. The van der Waals surface area contributed by atoms with Crippen LogP contribution >= 0.6 is 0 Å². The minimum atomic E-state index is -1.70. The normalized spacial score (nSPS) is 12.2. The molecule has 0 spiro atoms. The summed E-state index contributed by atoms with van der Waals surface area (Å²) in [6, 6.07) is 5.68. The van der Waals surface area contributed by atoms with Gasteiger partial charge in [0, 0.05) is 5.56 Å². The summed E-state index contributed by atoms with van der Waals surface area (Å²) in [7, 11) is 0. The molecule has 27 heavy (non-hydrogen) atoms. The van der Waals surface area contributed by atoms with E-state index in [0.29, 0.717) is 5.56 Å². The van der Waals surface area contributed by atoms with E-state index in [0.717, 1.165) is 0 Å². The Bertz CT molecular complexity index is 737. The van der Waals surface area contributed by atoms with Crippen LogP contribution in [0.15, 0.2) is 24.3 Å². The number of carbonyl (C=O) groups excluding carboxylic acids is 3. The number of aliphatic carboxylic acids is 1. The number of hydrogen-bond donors (Lipinski definition) is 2. The summed E-state index contributed by atoms with van der Waals surface area (Å²) in [4.78, 5) is 47.9. The molecule has 0 saturated heterocycles. The predicted octanol–water partition coefficient (Wildman–Crippen LogP) is 0.874. The summed E-state index contributed by atoms with van der Waals surface area (Å²) in [5.74, 6) is -5.44. The van der Waals surface area contributed by atoms with Gasteiger partial charge in [0.1, 0.15) is 6.04 Å². The molecule has 9 heteroatoms. The van der Waals surface area contributed by atoms with Crippen molar-refractivity contribution in [3.63, 3.8) is 0 Å². The van der Waals surface area contributed by atoms with E-state index in [-0.39, 0.29) is 18.8 Å². The minimum Gasteiger partial charge on any atom is -0.480 e. The van der Waals surface area contributed by atoms with Crippen molar-refractivity contribution in [2.45, 2.75) is 26.3 Å². The third-order valence-corrected chi connectivity index (χ3v) is 3.51. The van der Waals surface area contributed by atoms with Crippen LogP contribution in [0.25, 0.3) is 0 Å². The van der Waals surface area contributed by atoms with Crippen LogP contribution in [0.3, 0.4) is 0 Å². The molecule has 1 aromatic rings. The molecule has 0 aliphatic carbocycles. The number of benzene rings is 1. The van der Waals surface area contributed by atoms with E-state index in [1.54, 1.807) is 6.92 Å². The van der Waals surface area contributed by atoms with Crippen molar-refractivity contribution >= 4 is 23.8 Å². The van der Waals surface area contributed by atoms with Crippen LogP contribution < -0.4 is 5.32 Å². The minimum absolute atomic E-state index is 0.0198. The highest BCUT2D eigenvalue weighted by Gasteiger charge is 2.38. The molecule has 0 aliphatic heterocycles. The van der Waals surface area contributed by atoms with Gasteiger partial charge in [0.05, 0.1) is 37.2 Å². The summed E-state index contributed by atoms with van der Waals surface area (Å²) in [5, 5.41) is 20.5. The number of ether oxygens (including phenoxy) is 2. The van der Waals surface area contributed by atoms with E-state index in [9.17, 15) is 24.3 Å². The van der Waals surface area contributed by atoms with Crippen molar-refractivity contribution < 1.29 is 33.8 Å². The molecule has 0 aromatic heterocycles. The van der Waals surface area contributed by atoms with Crippen LogP contribution in [0.1, 0.15) is 36.2 Å². The fourth-order valence-corrected chi connectivity index (χ4v) is 2.24. The molecule has 144 valence electrons. The Balaban J connectivity index is 3.05. The molecule has 0 fully saturated rings. The smallest absolute Gasteiger partial charge is 0.327 e. The average Bonchev–Trinajstić information content (AvgIpc) is 2.64. The molecule has 0 saturated carbocycles. The molecule has 0 heterocycles. The first-order valence-corrected chi connectivity index (χ1v) is 8.20. The molecule has 1 amide bonds. The van der Waals surface area contributed by atoms with Crippen LogP contribution in [0.5, 0.6) is 0 Å². The van der Waals surface area contributed by atoms with Crippen LogP contribution in [0, 0.1) is 17.2 Å². The Hall–Kier alpha value is -3.41. The number of rotatable bonds is 9. The second-order valence-corrected chi connectivity index (χ2v) is 5.35. The van der Waals surface area contributed by atoms with Gasteiger partial charge in [-0.3, -0.25) is 14.4 Å². The van der Waals surface area contributed by atoms with E-state index < -0.39 is 42.2 Å². The Kier molecular flexibility index (Phi) is 8.45. The standard InChI is InChI=1S/C18H20N2O7/c1-3-26-14(21)9-13(18(25)27-4-2)15(17(23)24)20-16(22)12-7-5-11(10-19)6-8-12/h5-8,13,15H,3-4,9H2,1-2H3,(H,20,22)(H,23,24)/t13-,15+/m0/s1. The maximum absolute atomic E-state index is 12.3. The number of hydrogen-bond acceptors (Lipinski definition) is 7. The van der Waals surface area contributed by atoms with Gasteiger partial charge in [0.15, 0.2) is 0 Å². The number of carbonyl (C=O) groups is 4. The molecular weight excluding hydrogens is 356 g/mol. The predicted molar refractivity (Wildman–Crippen MR) is 91.4 cm³/mol. The molecule has 0 unspecified atom stereocenters. The van der Waals surface area contributed by atoms with E-state index in [2.05, 4.69) is 5.32 Å². The Morgan fingerprint density at radius 2 is 1.70 bits per heavy atom. The average molecular weight is 376 g/mol. The highest BCUT2D eigenvalue weighted by molar-refractivity contribution is 5.98. The summed E-state index contributed by atoms with van der Waals surface area (Å²) in [5.41, 5.74) is 0.423. The van der Waals surface area contributed by atoms with Crippen LogP contribution in [0.2, 0.25) is 0 Å². The summed E-state index contributed by atoms with van der Waals surface area (Å²) in [6.07, 6.45) is -0.558. The van der Waals surface area contributed by atoms with Crippen molar-refractivity contribution in [3.05, 3.63) is 35.4 Å². The number of esters is 2. The highest BCUT2D eigenvalue weighted by atomic mass is 16.5. The van der Waals surface area contributed by atoms with Crippen molar-refractivity contribution in [2.75, 3.05) is 13.2 Å². The zero-order valence-electron chi connectivity index (χ0n) is 14.9. The van der Waals surface area contributed by atoms with Gasteiger partial charge in [-0.2, -0.15) is 5.26 Å². The summed E-state index contributed by atoms with van der Waals surface area (Å²) < 4.78 is 9.60. The second kappa shape index (κ2) is 10.6. The van der Waals surface area contributed by atoms with Crippen LogP contribution in [0.4, 0.5) is 0 Å². The van der Waals surface area contributed by atoms with E-state index in [1.165, 1.54) is 31.2 Å². The number of carboxylic acids is 1. The molecule has 0 bridgehead atoms. The molecular formula is C18H20N2O7. The summed E-state index contributed by atoms with van der Waals surface area (Å²) in [6.45, 7) is 3.14. The van der Waals surface area contributed by atoms with Gasteiger partial charge >= 0.3 is 17.9 Å². The molecule has 0 aliphatic rings. The second-order valence-electron chi connectivity index (χ2n) is 5.35. The first kappa shape index (κ1) is 21.6. The third kappa shape index (κ3) is 6.43. The van der Waals surface area contributed by atoms with E-state index in [4.69, 9.17) is 14.7 Å². The lowest BCUT2D eigenvalue weighted by Crippen LogP contribution is -2.49. The number of nitrogens with one attached hydrogen (secondary N) is 1. The first-order valence-electron chi connectivity index (χ1n) is 8.20. The highest BCUT2D eigenvalue weighted by Crippen LogP contribution is 2.15. The number of amides is 1. The van der Waals surface area contributed by atoms with Gasteiger partial charge in [-0.1, -0.05) is 0 Å². The topological polar surface area (TPSA) is 143 Å². The first-order chi connectivity index (χ1) is 12.8. The molecule has 2 N–H and O–H groups in total. The fourth-order valence-electron chi connectivity index (χ4n) is 2.24. The molecule has 9 nitrogen and oxygen atoms in total. The van der Waals surface area contributed by atoms with Gasteiger partial charge in [-0.15, -0.1) is 0 Å². The van der Waals surface area contributed by atoms with Crippen LogP contribution in [-0.4, -0.2) is 48.2 Å². The summed E-state index contributed by atoms with van der Waals surface area (Å²) >= 11 is 0. The van der Waals surface area contributed by atoms with Crippen LogP contribution in [-0.2, 0) is 23.9 Å². The van der Waals surface area contributed by atoms with Gasteiger partial charge in [-0.25, -0.2) is 4.79 Å². The monoisotopic (exact) mass is 376 g/mol. The van der Waals surface area contributed by atoms with Gasteiger partial charge in [0.2, 0.25) is 0 Å². The third-order valence-electron chi connectivity index (χ3n) is 3.51. The molecule has 1 rings (SSSR count). The van der Waals surface area contributed by atoms with Crippen molar-refractivity contribution in [2.24, 2.45) is 5.92 Å². The Labute approximate surface area is 155 Å². The van der Waals surface area contributed by atoms with Gasteiger partial charge in [0.25, 0.3) is 5.91 Å².